The largest absolute Gasteiger partial charge is 0.351 e. The molecular formula is C15H19N5O. The summed E-state index contributed by atoms with van der Waals surface area (Å²) in [5.74, 6) is 1.79. The molecule has 6 heteroatoms. The summed E-state index contributed by atoms with van der Waals surface area (Å²) in [5.41, 5.74) is 1.18. The van der Waals surface area contributed by atoms with E-state index < -0.39 is 0 Å². The first-order valence-corrected chi connectivity index (χ1v) is 7.49. The number of rotatable bonds is 3. The lowest BCUT2D eigenvalue weighted by atomic mass is 10.1. The molecule has 1 N–H and O–H groups in total. The Labute approximate surface area is 123 Å². The van der Waals surface area contributed by atoms with Crippen molar-refractivity contribution in [2.45, 2.75) is 37.8 Å². The molecule has 2 aromatic heterocycles. The van der Waals surface area contributed by atoms with Gasteiger partial charge < -0.3 is 9.88 Å². The van der Waals surface area contributed by atoms with Crippen LogP contribution in [0.15, 0.2) is 24.8 Å². The molecule has 0 bridgehead atoms. The van der Waals surface area contributed by atoms with Gasteiger partial charge in [-0.05, 0) is 24.3 Å². The van der Waals surface area contributed by atoms with E-state index in [1.165, 1.54) is 5.56 Å². The molecule has 3 atom stereocenters. The Bertz CT molecular complexity index is 673. The van der Waals surface area contributed by atoms with Crippen LogP contribution in [0, 0.1) is 5.92 Å². The molecule has 0 radical (unpaired) electrons. The molecule has 0 saturated heterocycles. The van der Waals surface area contributed by atoms with E-state index in [4.69, 9.17) is 0 Å². The van der Waals surface area contributed by atoms with E-state index >= 15 is 0 Å². The maximum absolute atomic E-state index is 12.4. The van der Waals surface area contributed by atoms with Crippen molar-refractivity contribution in [2.75, 3.05) is 0 Å². The van der Waals surface area contributed by atoms with Crippen molar-refractivity contribution < 1.29 is 4.79 Å². The zero-order valence-corrected chi connectivity index (χ0v) is 12.1. The number of hydrogen-bond acceptors (Lipinski definition) is 3. The smallest absolute Gasteiger partial charge is 0.224 e. The van der Waals surface area contributed by atoms with Crippen LogP contribution in [0.3, 0.4) is 0 Å². The van der Waals surface area contributed by atoms with Gasteiger partial charge in [0.1, 0.15) is 5.82 Å². The molecule has 0 spiro atoms. The number of imidazole rings is 1. The molecule has 110 valence electrons. The van der Waals surface area contributed by atoms with Crippen molar-refractivity contribution >= 4 is 5.91 Å². The third-order valence-electron chi connectivity index (χ3n) is 4.56. The minimum Gasteiger partial charge on any atom is -0.351 e. The summed E-state index contributed by atoms with van der Waals surface area (Å²) in [4.78, 5) is 16.7. The maximum Gasteiger partial charge on any atom is 0.224 e. The summed E-state index contributed by atoms with van der Waals surface area (Å²) >= 11 is 0. The summed E-state index contributed by atoms with van der Waals surface area (Å²) in [6.07, 6.45) is 10.6. The summed E-state index contributed by atoms with van der Waals surface area (Å²) in [6, 6.07) is 0.231. The van der Waals surface area contributed by atoms with E-state index in [2.05, 4.69) is 20.0 Å². The van der Waals surface area contributed by atoms with Gasteiger partial charge in [0.05, 0.1) is 6.20 Å². The number of nitrogens with zero attached hydrogens (tertiary/aromatic N) is 4. The number of hydrogen-bond donors (Lipinski definition) is 1. The van der Waals surface area contributed by atoms with Crippen LogP contribution in [-0.4, -0.2) is 31.3 Å². The summed E-state index contributed by atoms with van der Waals surface area (Å²) in [7, 11) is 1.91. The van der Waals surface area contributed by atoms with E-state index in [1.54, 1.807) is 4.68 Å². The third kappa shape index (κ3) is 2.34. The Morgan fingerprint density at radius 3 is 3.19 bits per heavy atom. The van der Waals surface area contributed by atoms with Crippen molar-refractivity contribution in [1.29, 1.82) is 0 Å². The second-order valence-electron chi connectivity index (χ2n) is 6.14. The van der Waals surface area contributed by atoms with Crippen LogP contribution in [-0.2, 0) is 24.8 Å². The summed E-state index contributed by atoms with van der Waals surface area (Å²) in [6.45, 7) is 0.839. The fourth-order valence-electron chi connectivity index (χ4n) is 3.28. The number of carbonyl (C=O) groups excluding carboxylic acids is 1. The standard InChI is InChI=1S/C15H19N5O/c1-19-8-10(7-17-19)12-6-13(12)15(21)18-11-2-3-14-16-4-5-20(14)9-11/h4-5,7-8,11-13H,2-3,6,9H2,1H3,(H,18,21)/t11-,12-,13-/m0/s1. The molecule has 0 unspecified atom stereocenters. The van der Waals surface area contributed by atoms with E-state index in [0.717, 1.165) is 31.6 Å². The number of nitrogens with one attached hydrogen (secondary N) is 1. The Morgan fingerprint density at radius 2 is 2.38 bits per heavy atom. The lowest BCUT2D eigenvalue weighted by molar-refractivity contribution is -0.123. The Morgan fingerprint density at radius 1 is 1.48 bits per heavy atom. The summed E-state index contributed by atoms with van der Waals surface area (Å²) in [5, 5.41) is 7.38. The minimum atomic E-state index is 0.124. The fourth-order valence-corrected chi connectivity index (χ4v) is 3.28. The predicted molar refractivity (Wildman–Crippen MR) is 76.5 cm³/mol. The molecule has 1 fully saturated rings. The van der Waals surface area contributed by atoms with Gasteiger partial charge in [0.15, 0.2) is 0 Å². The molecule has 1 aliphatic heterocycles. The average molecular weight is 285 g/mol. The van der Waals surface area contributed by atoms with Crippen molar-refractivity contribution in [3.63, 3.8) is 0 Å². The SMILES string of the molecule is Cn1cc([C@@H]2C[C@@H]2C(=O)N[C@H]2CCc3nccn3C2)cn1. The van der Waals surface area contributed by atoms with Crippen LogP contribution in [0.2, 0.25) is 0 Å². The number of aromatic nitrogens is 4. The molecular weight excluding hydrogens is 266 g/mol. The molecule has 2 aromatic rings. The lowest BCUT2D eigenvalue weighted by Gasteiger charge is -2.24. The molecule has 3 heterocycles. The molecule has 6 nitrogen and oxygen atoms in total. The normalized spacial score (nSPS) is 27.2. The van der Waals surface area contributed by atoms with Crippen LogP contribution in [0.1, 0.15) is 30.1 Å². The molecule has 1 saturated carbocycles. The van der Waals surface area contributed by atoms with E-state index in [9.17, 15) is 4.79 Å². The number of amides is 1. The second-order valence-corrected chi connectivity index (χ2v) is 6.14. The van der Waals surface area contributed by atoms with Gasteiger partial charge in [-0.25, -0.2) is 4.98 Å². The highest BCUT2D eigenvalue weighted by molar-refractivity contribution is 5.83. The number of carbonyl (C=O) groups is 1. The number of fused-ring (bicyclic) bond motifs is 1. The molecule has 2 aliphatic rings. The summed E-state index contributed by atoms with van der Waals surface area (Å²) < 4.78 is 3.93. The first-order chi connectivity index (χ1) is 10.2. The van der Waals surface area contributed by atoms with Crippen LogP contribution < -0.4 is 5.32 Å². The van der Waals surface area contributed by atoms with Crippen LogP contribution in [0.25, 0.3) is 0 Å². The van der Waals surface area contributed by atoms with Gasteiger partial charge in [-0.15, -0.1) is 0 Å². The van der Waals surface area contributed by atoms with E-state index in [0.29, 0.717) is 5.92 Å². The van der Waals surface area contributed by atoms with Gasteiger partial charge in [0, 0.05) is 50.6 Å². The first-order valence-electron chi connectivity index (χ1n) is 7.49. The number of aryl methyl sites for hydroxylation is 2. The highest BCUT2D eigenvalue weighted by Crippen LogP contribution is 2.47. The highest BCUT2D eigenvalue weighted by Gasteiger charge is 2.45. The van der Waals surface area contributed by atoms with E-state index in [1.807, 2.05) is 31.8 Å². The van der Waals surface area contributed by atoms with Crippen molar-refractivity contribution in [2.24, 2.45) is 13.0 Å². The quantitative estimate of drug-likeness (QED) is 0.909. The zero-order valence-electron chi connectivity index (χ0n) is 12.1. The van der Waals surface area contributed by atoms with Crippen LogP contribution >= 0.6 is 0 Å². The van der Waals surface area contributed by atoms with Crippen molar-refractivity contribution in [1.82, 2.24) is 24.6 Å². The van der Waals surface area contributed by atoms with Crippen LogP contribution in [0.5, 0.6) is 0 Å². The van der Waals surface area contributed by atoms with Gasteiger partial charge in [-0.1, -0.05) is 0 Å². The maximum atomic E-state index is 12.4. The molecule has 0 aromatic carbocycles. The monoisotopic (exact) mass is 285 g/mol. The Kier molecular flexibility index (Phi) is 2.83. The Hall–Kier alpha value is -2.11. The topological polar surface area (TPSA) is 64.7 Å². The molecule has 1 aliphatic carbocycles. The average Bonchev–Trinajstić information content (AvgIpc) is 2.93. The Balaban J connectivity index is 1.35. The second kappa shape index (κ2) is 4.72. The molecule has 4 rings (SSSR count). The minimum absolute atomic E-state index is 0.124. The first kappa shape index (κ1) is 12.6. The third-order valence-corrected chi connectivity index (χ3v) is 4.56. The van der Waals surface area contributed by atoms with Crippen molar-refractivity contribution in [3.05, 3.63) is 36.2 Å². The lowest BCUT2D eigenvalue weighted by Crippen LogP contribution is -2.41. The van der Waals surface area contributed by atoms with Crippen LogP contribution in [0.4, 0.5) is 0 Å². The predicted octanol–water partition coefficient (Wildman–Crippen LogP) is 0.851. The van der Waals surface area contributed by atoms with Gasteiger partial charge in [-0.2, -0.15) is 5.10 Å². The molecule has 21 heavy (non-hydrogen) atoms. The van der Waals surface area contributed by atoms with Gasteiger partial charge in [-0.3, -0.25) is 9.48 Å². The van der Waals surface area contributed by atoms with Gasteiger partial charge in [0.2, 0.25) is 5.91 Å². The molecule has 1 amide bonds. The van der Waals surface area contributed by atoms with Gasteiger partial charge >= 0.3 is 0 Å². The van der Waals surface area contributed by atoms with Gasteiger partial charge in [0.25, 0.3) is 0 Å². The fraction of sp³-hybridized carbons (Fsp3) is 0.533. The zero-order chi connectivity index (χ0) is 14.4. The highest BCUT2D eigenvalue weighted by atomic mass is 16.2. The van der Waals surface area contributed by atoms with E-state index in [-0.39, 0.29) is 17.9 Å². The van der Waals surface area contributed by atoms with Crippen molar-refractivity contribution in [3.8, 4) is 0 Å².